The van der Waals surface area contributed by atoms with Gasteiger partial charge in [-0.2, -0.15) is 0 Å². The van der Waals surface area contributed by atoms with Crippen LogP contribution in [-0.2, 0) is 6.42 Å². The molecule has 0 heterocycles. The molecule has 1 aromatic rings. The van der Waals surface area contributed by atoms with Crippen LogP contribution in [0, 0.1) is 23.2 Å². The molecule has 0 unspecified atom stereocenters. The second kappa shape index (κ2) is 5.93. The molecule has 0 N–H and O–H groups in total. The number of allylic oxidation sites excluding steroid dienone is 2. The Kier molecular flexibility index (Phi) is 4.01. The standard InChI is InChI=1S/C23H32O/c1-15(2)21-6-5-7-22-20-10-8-16-14-17(24-4)9-11-18(16)19(20)12-13-23(21,22)3/h9,11,14-15,21-22H,5-8,10,12-13H2,1-4H3/t21-,22+,23-/m1/s1. The fourth-order valence-electron chi connectivity index (χ4n) is 6.35. The van der Waals surface area contributed by atoms with Crippen LogP contribution in [-0.4, -0.2) is 7.11 Å². The van der Waals surface area contributed by atoms with E-state index in [0.29, 0.717) is 5.41 Å². The quantitative estimate of drug-likeness (QED) is 0.623. The second-order valence-corrected chi connectivity index (χ2v) is 8.87. The summed E-state index contributed by atoms with van der Waals surface area (Å²) < 4.78 is 5.44. The Labute approximate surface area is 147 Å². The van der Waals surface area contributed by atoms with Gasteiger partial charge in [0.25, 0.3) is 0 Å². The number of rotatable bonds is 2. The van der Waals surface area contributed by atoms with Gasteiger partial charge in [-0.25, -0.2) is 0 Å². The van der Waals surface area contributed by atoms with Crippen molar-refractivity contribution in [2.45, 2.75) is 65.7 Å². The summed E-state index contributed by atoms with van der Waals surface area (Å²) in [4.78, 5) is 0. The highest BCUT2D eigenvalue weighted by atomic mass is 16.5. The van der Waals surface area contributed by atoms with Crippen LogP contribution in [0.15, 0.2) is 23.8 Å². The van der Waals surface area contributed by atoms with Gasteiger partial charge in [-0.05, 0) is 90.5 Å². The van der Waals surface area contributed by atoms with Crippen LogP contribution >= 0.6 is 0 Å². The molecule has 0 radical (unpaired) electrons. The minimum absolute atomic E-state index is 0.537. The van der Waals surface area contributed by atoms with Gasteiger partial charge in [0.1, 0.15) is 5.75 Å². The Morgan fingerprint density at radius 1 is 1.12 bits per heavy atom. The molecule has 1 nitrogen and oxygen atoms in total. The summed E-state index contributed by atoms with van der Waals surface area (Å²) >= 11 is 0. The first-order chi connectivity index (χ1) is 11.5. The summed E-state index contributed by atoms with van der Waals surface area (Å²) in [6, 6.07) is 6.75. The Balaban J connectivity index is 1.75. The number of hydrogen-bond donors (Lipinski definition) is 0. The first kappa shape index (κ1) is 16.2. The molecule has 24 heavy (non-hydrogen) atoms. The minimum atomic E-state index is 0.537. The zero-order chi connectivity index (χ0) is 16.9. The summed E-state index contributed by atoms with van der Waals surface area (Å²) in [6.07, 6.45) is 9.43. The second-order valence-electron chi connectivity index (χ2n) is 8.87. The predicted molar refractivity (Wildman–Crippen MR) is 101 cm³/mol. The van der Waals surface area contributed by atoms with Crippen LogP contribution in [0.5, 0.6) is 5.75 Å². The normalized spacial score (nSPS) is 32.2. The van der Waals surface area contributed by atoms with E-state index in [-0.39, 0.29) is 0 Å². The van der Waals surface area contributed by atoms with Gasteiger partial charge in [0.05, 0.1) is 7.11 Å². The average Bonchev–Trinajstić information content (AvgIpc) is 2.59. The van der Waals surface area contributed by atoms with Gasteiger partial charge < -0.3 is 4.74 Å². The van der Waals surface area contributed by atoms with Crippen molar-refractivity contribution in [2.75, 3.05) is 7.11 Å². The fourth-order valence-corrected chi connectivity index (χ4v) is 6.35. The van der Waals surface area contributed by atoms with E-state index in [1.54, 1.807) is 12.7 Å². The molecule has 1 heteroatoms. The Morgan fingerprint density at radius 2 is 1.96 bits per heavy atom. The highest BCUT2D eigenvalue weighted by Crippen LogP contribution is 2.60. The van der Waals surface area contributed by atoms with Crippen LogP contribution in [0.1, 0.15) is 70.4 Å². The summed E-state index contributed by atoms with van der Waals surface area (Å²) in [5, 5.41) is 0. The molecule has 1 aromatic carbocycles. The monoisotopic (exact) mass is 324 g/mol. The molecule has 1 saturated carbocycles. The first-order valence-corrected chi connectivity index (χ1v) is 9.94. The third-order valence-electron chi connectivity index (χ3n) is 7.48. The van der Waals surface area contributed by atoms with Crippen molar-refractivity contribution < 1.29 is 4.74 Å². The lowest BCUT2D eigenvalue weighted by Crippen LogP contribution is -2.44. The zero-order valence-electron chi connectivity index (χ0n) is 15.8. The number of benzene rings is 1. The van der Waals surface area contributed by atoms with E-state index < -0.39 is 0 Å². The number of hydrogen-bond acceptors (Lipinski definition) is 1. The molecule has 1 fully saturated rings. The average molecular weight is 325 g/mol. The highest BCUT2D eigenvalue weighted by molar-refractivity contribution is 5.75. The van der Waals surface area contributed by atoms with Crippen molar-refractivity contribution in [1.82, 2.24) is 0 Å². The van der Waals surface area contributed by atoms with Gasteiger partial charge in [-0.15, -0.1) is 0 Å². The summed E-state index contributed by atoms with van der Waals surface area (Å²) in [6.45, 7) is 7.52. The molecule has 3 aliphatic rings. The van der Waals surface area contributed by atoms with Gasteiger partial charge in [-0.3, -0.25) is 0 Å². The fraction of sp³-hybridized carbons (Fsp3) is 0.652. The van der Waals surface area contributed by atoms with Crippen molar-refractivity contribution in [2.24, 2.45) is 23.2 Å². The third-order valence-corrected chi connectivity index (χ3v) is 7.48. The molecule has 0 spiro atoms. The molecule has 0 bridgehead atoms. The van der Waals surface area contributed by atoms with E-state index in [1.165, 1.54) is 56.1 Å². The maximum Gasteiger partial charge on any atom is 0.119 e. The van der Waals surface area contributed by atoms with Crippen molar-refractivity contribution in [3.8, 4) is 5.75 Å². The van der Waals surface area contributed by atoms with E-state index in [0.717, 1.165) is 23.5 Å². The van der Waals surface area contributed by atoms with Crippen LogP contribution in [0.2, 0.25) is 0 Å². The maximum atomic E-state index is 5.44. The first-order valence-electron chi connectivity index (χ1n) is 9.94. The lowest BCUT2D eigenvalue weighted by molar-refractivity contribution is 0.0163. The Morgan fingerprint density at radius 3 is 2.71 bits per heavy atom. The Hall–Kier alpha value is -1.24. The number of aryl methyl sites for hydroxylation is 1. The molecule has 4 rings (SSSR count). The Bertz CT molecular complexity index is 669. The largest absolute Gasteiger partial charge is 0.497 e. The van der Waals surface area contributed by atoms with E-state index in [9.17, 15) is 0 Å². The number of ether oxygens (including phenoxy) is 1. The highest BCUT2D eigenvalue weighted by Gasteiger charge is 2.49. The van der Waals surface area contributed by atoms with E-state index in [1.807, 2.05) is 5.57 Å². The van der Waals surface area contributed by atoms with Crippen molar-refractivity contribution >= 4 is 5.57 Å². The molecular formula is C23H32O. The third kappa shape index (κ3) is 2.35. The van der Waals surface area contributed by atoms with Crippen molar-refractivity contribution in [3.63, 3.8) is 0 Å². The molecule has 0 amide bonds. The number of fused-ring (bicyclic) bond motifs is 4. The van der Waals surface area contributed by atoms with Gasteiger partial charge in [0.2, 0.25) is 0 Å². The maximum absolute atomic E-state index is 5.44. The molecule has 3 atom stereocenters. The molecule has 0 saturated heterocycles. The lowest BCUT2D eigenvalue weighted by atomic mass is 9.50. The van der Waals surface area contributed by atoms with Crippen LogP contribution in [0.25, 0.3) is 5.57 Å². The smallest absolute Gasteiger partial charge is 0.119 e. The molecular weight excluding hydrogens is 292 g/mol. The SMILES string of the molecule is COc1ccc2c(c1)CCC1=C2CC[C@]2(C)[C@@H](C(C)C)CCC[C@@H]12. The van der Waals surface area contributed by atoms with Crippen LogP contribution in [0.3, 0.4) is 0 Å². The summed E-state index contributed by atoms with van der Waals surface area (Å²) in [5.74, 6) is 3.57. The van der Waals surface area contributed by atoms with Gasteiger partial charge in [0.15, 0.2) is 0 Å². The molecule has 3 aliphatic carbocycles. The zero-order valence-corrected chi connectivity index (χ0v) is 15.8. The number of methoxy groups -OCH3 is 1. The minimum Gasteiger partial charge on any atom is -0.497 e. The van der Waals surface area contributed by atoms with Crippen LogP contribution in [0.4, 0.5) is 0 Å². The lowest BCUT2D eigenvalue weighted by Gasteiger charge is -2.54. The predicted octanol–water partition coefficient (Wildman–Crippen LogP) is 6.27. The van der Waals surface area contributed by atoms with Crippen LogP contribution < -0.4 is 4.74 Å². The molecule has 0 aromatic heterocycles. The van der Waals surface area contributed by atoms with Gasteiger partial charge in [0, 0.05) is 0 Å². The molecule has 0 aliphatic heterocycles. The van der Waals surface area contributed by atoms with E-state index in [4.69, 9.17) is 4.74 Å². The summed E-state index contributed by atoms with van der Waals surface area (Å²) in [7, 11) is 1.77. The molecule has 130 valence electrons. The van der Waals surface area contributed by atoms with E-state index in [2.05, 4.69) is 39.0 Å². The van der Waals surface area contributed by atoms with Gasteiger partial charge in [-0.1, -0.05) is 38.8 Å². The van der Waals surface area contributed by atoms with Gasteiger partial charge >= 0.3 is 0 Å². The van der Waals surface area contributed by atoms with E-state index >= 15 is 0 Å². The summed E-state index contributed by atoms with van der Waals surface area (Å²) in [5.41, 5.74) is 7.10. The topological polar surface area (TPSA) is 9.23 Å². The van der Waals surface area contributed by atoms with Crippen molar-refractivity contribution in [1.29, 1.82) is 0 Å². The van der Waals surface area contributed by atoms with Crippen molar-refractivity contribution in [3.05, 3.63) is 34.9 Å².